The highest BCUT2D eigenvalue weighted by atomic mass is 35.5. The van der Waals surface area contributed by atoms with Crippen LogP contribution < -0.4 is 10.9 Å². The van der Waals surface area contributed by atoms with Crippen LogP contribution >= 0.6 is 11.6 Å². The standard InChI is InChI=1S/C26H27ClN6O3/c1-17-23(26(35)33(31(17)2)21-11-4-3-5-12-21)29-25(34)19-9-7-13-32(15-19)16-22-28-24(30-36-22)18-8-6-10-20(27)14-18/h3-6,8,10-12,14,19H,7,9,13,15-16H2,1-2H3,(H,29,34). The molecule has 3 heterocycles. The molecule has 1 unspecified atom stereocenters. The third-order valence-corrected chi connectivity index (χ3v) is 6.82. The van der Waals surface area contributed by atoms with Crippen LogP contribution in [0, 0.1) is 12.8 Å². The third-order valence-electron chi connectivity index (χ3n) is 6.59. The molecule has 1 aliphatic rings. The monoisotopic (exact) mass is 506 g/mol. The van der Waals surface area contributed by atoms with Gasteiger partial charge in [0.1, 0.15) is 5.69 Å². The molecule has 2 aromatic carbocycles. The number of carbonyl (C=O) groups is 1. The predicted octanol–water partition coefficient (Wildman–Crippen LogP) is 4.04. The van der Waals surface area contributed by atoms with Crippen molar-refractivity contribution in [1.29, 1.82) is 0 Å². The van der Waals surface area contributed by atoms with Crippen LogP contribution in [0.3, 0.4) is 0 Å². The van der Waals surface area contributed by atoms with E-state index in [0.29, 0.717) is 41.2 Å². The molecule has 2 aromatic heterocycles. The largest absolute Gasteiger partial charge is 0.338 e. The summed E-state index contributed by atoms with van der Waals surface area (Å²) in [6, 6.07) is 16.7. The van der Waals surface area contributed by atoms with Gasteiger partial charge in [-0.1, -0.05) is 47.1 Å². The van der Waals surface area contributed by atoms with Gasteiger partial charge in [0.2, 0.25) is 17.6 Å². The van der Waals surface area contributed by atoms with Crippen molar-refractivity contribution in [2.24, 2.45) is 13.0 Å². The Morgan fingerprint density at radius 3 is 2.78 bits per heavy atom. The Hall–Kier alpha value is -3.69. The summed E-state index contributed by atoms with van der Waals surface area (Å²) in [4.78, 5) is 33.0. The van der Waals surface area contributed by atoms with E-state index in [1.807, 2.05) is 56.4 Å². The van der Waals surface area contributed by atoms with Gasteiger partial charge >= 0.3 is 0 Å². The van der Waals surface area contributed by atoms with Crippen LogP contribution in [0.15, 0.2) is 63.9 Å². The quantitative estimate of drug-likeness (QED) is 0.424. The van der Waals surface area contributed by atoms with E-state index in [2.05, 4.69) is 20.4 Å². The summed E-state index contributed by atoms with van der Waals surface area (Å²) in [7, 11) is 1.81. The maximum Gasteiger partial charge on any atom is 0.295 e. The molecule has 1 amide bonds. The Bertz CT molecular complexity index is 1440. The van der Waals surface area contributed by atoms with Crippen molar-refractivity contribution in [3.05, 3.63) is 81.6 Å². The molecule has 36 heavy (non-hydrogen) atoms. The molecule has 0 spiro atoms. The Morgan fingerprint density at radius 1 is 1.19 bits per heavy atom. The highest BCUT2D eigenvalue weighted by molar-refractivity contribution is 6.30. The van der Waals surface area contributed by atoms with Gasteiger partial charge in [0.05, 0.1) is 23.8 Å². The van der Waals surface area contributed by atoms with E-state index in [4.69, 9.17) is 16.1 Å². The molecule has 9 nitrogen and oxygen atoms in total. The number of halogens is 1. The zero-order valence-electron chi connectivity index (χ0n) is 20.1. The summed E-state index contributed by atoms with van der Waals surface area (Å²) in [6.45, 7) is 3.64. The van der Waals surface area contributed by atoms with Gasteiger partial charge < -0.3 is 9.84 Å². The summed E-state index contributed by atoms with van der Waals surface area (Å²) in [5, 5.41) is 7.58. The first-order valence-corrected chi connectivity index (χ1v) is 12.2. The van der Waals surface area contributed by atoms with Gasteiger partial charge in [-0.3, -0.25) is 19.2 Å². The zero-order chi connectivity index (χ0) is 25.2. The lowest BCUT2D eigenvalue weighted by Gasteiger charge is -2.30. The number of hydrogen-bond acceptors (Lipinski definition) is 6. The Morgan fingerprint density at radius 2 is 2.00 bits per heavy atom. The van der Waals surface area contributed by atoms with Crippen LogP contribution in [0.4, 0.5) is 5.69 Å². The molecular formula is C26H27ClN6O3. The van der Waals surface area contributed by atoms with Crippen LogP contribution in [0.2, 0.25) is 5.02 Å². The number of piperidine rings is 1. The number of nitrogens with one attached hydrogen (secondary N) is 1. The second kappa shape index (κ2) is 10.1. The van der Waals surface area contributed by atoms with E-state index < -0.39 is 0 Å². The lowest BCUT2D eigenvalue weighted by atomic mass is 9.97. The minimum Gasteiger partial charge on any atom is -0.338 e. The van der Waals surface area contributed by atoms with Crippen molar-refractivity contribution in [2.75, 3.05) is 18.4 Å². The number of rotatable bonds is 6. The topological polar surface area (TPSA) is 98.2 Å². The minimum absolute atomic E-state index is 0.157. The number of aromatic nitrogens is 4. The zero-order valence-corrected chi connectivity index (χ0v) is 20.9. The first kappa shape index (κ1) is 24.0. The van der Waals surface area contributed by atoms with Gasteiger partial charge in [0.25, 0.3) is 5.56 Å². The lowest BCUT2D eigenvalue weighted by Crippen LogP contribution is -2.40. The summed E-state index contributed by atoms with van der Waals surface area (Å²) >= 11 is 6.07. The smallest absolute Gasteiger partial charge is 0.295 e. The van der Waals surface area contributed by atoms with Gasteiger partial charge in [-0.15, -0.1) is 0 Å². The highest BCUT2D eigenvalue weighted by Gasteiger charge is 2.29. The van der Waals surface area contributed by atoms with Crippen molar-refractivity contribution in [3.8, 4) is 17.1 Å². The van der Waals surface area contributed by atoms with Gasteiger partial charge in [-0.05, 0) is 50.6 Å². The average Bonchev–Trinajstić information content (AvgIpc) is 3.43. The summed E-state index contributed by atoms with van der Waals surface area (Å²) < 4.78 is 8.77. The predicted molar refractivity (Wildman–Crippen MR) is 137 cm³/mol. The molecule has 1 atom stereocenters. The normalized spacial score (nSPS) is 16.2. The molecule has 0 saturated carbocycles. The van der Waals surface area contributed by atoms with Crippen LogP contribution in [-0.4, -0.2) is 43.4 Å². The van der Waals surface area contributed by atoms with Crippen LogP contribution in [-0.2, 0) is 18.4 Å². The number of carbonyl (C=O) groups excluding carboxylic acids is 1. The van der Waals surface area contributed by atoms with E-state index in [1.165, 1.54) is 0 Å². The maximum atomic E-state index is 13.2. The molecule has 0 radical (unpaired) electrons. The highest BCUT2D eigenvalue weighted by Crippen LogP contribution is 2.23. The van der Waals surface area contributed by atoms with Crippen molar-refractivity contribution >= 4 is 23.2 Å². The number of likely N-dealkylation sites (tertiary alicyclic amines) is 1. The molecule has 1 aliphatic heterocycles. The van der Waals surface area contributed by atoms with Crippen molar-refractivity contribution < 1.29 is 9.32 Å². The summed E-state index contributed by atoms with van der Waals surface area (Å²) in [5.74, 6) is 0.554. The summed E-state index contributed by atoms with van der Waals surface area (Å²) in [5.41, 5.74) is 2.29. The minimum atomic E-state index is -0.252. The number of nitrogens with zero attached hydrogens (tertiary/aromatic N) is 5. The molecule has 1 fully saturated rings. The van der Waals surface area contributed by atoms with Crippen LogP contribution in [0.1, 0.15) is 24.4 Å². The fraction of sp³-hybridized carbons (Fsp3) is 0.308. The van der Waals surface area contributed by atoms with Crippen LogP contribution in [0.25, 0.3) is 17.1 Å². The lowest BCUT2D eigenvalue weighted by molar-refractivity contribution is -0.121. The SMILES string of the molecule is Cc1c(NC(=O)C2CCCN(Cc3nc(-c4cccc(Cl)c4)no3)C2)c(=O)n(-c2ccccc2)n1C. The third kappa shape index (κ3) is 4.84. The van der Waals surface area contributed by atoms with E-state index in [9.17, 15) is 9.59 Å². The molecule has 10 heteroatoms. The number of anilines is 1. The van der Waals surface area contributed by atoms with Crippen molar-refractivity contribution in [1.82, 2.24) is 24.4 Å². The van der Waals surface area contributed by atoms with E-state index in [1.54, 1.807) is 21.5 Å². The Balaban J connectivity index is 1.26. The first-order chi connectivity index (χ1) is 17.4. The Labute approximate surface area is 213 Å². The van der Waals surface area contributed by atoms with E-state index in [-0.39, 0.29) is 17.4 Å². The van der Waals surface area contributed by atoms with E-state index in [0.717, 1.165) is 30.6 Å². The molecule has 186 valence electrons. The number of para-hydroxylation sites is 1. The maximum absolute atomic E-state index is 13.2. The van der Waals surface area contributed by atoms with E-state index >= 15 is 0 Å². The van der Waals surface area contributed by atoms with Gasteiger partial charge in [-0.2, -0.15) is 4.98 Å². The number of hydrogen-bond donors (Lipinski definition) is 1. The fourth-order valence-corrected chi connectivity index (χ4v) is 4.80. The molecule has 4 aromatic rings. The molecule has 1 saturated heterocycles. The number of benzene rings is 2. The summed E-state index contributed by atoms with van der Waals surface area (Å²) in [6.07, 6.45) is 1.61. The van der Waals surface area contributed by atoms with Crippen molar-refractivity contribution in [3.63, 3.8) is 0 Å². The van der Waals surface area contributed by atoms with Gasteiger partial charge in [0, 0.05) is 24.2 Å². The Kier molecular flexibility index (Phi) is 6.75. The fourth-order valence-electron chi connectivity index (χ4n) is 4.61. The average molecular weight is 507 g/mol. The second-order valence-corrected chi connectivity index (χ2v) is 9.46. The molecular weight excluding hydrogens is 480 g/mol. The number of amides is 1. The first-order valence-electron chi connectivity index (χ1n) is 11.9. The second-order valence-electron chi connectivity index (χ2n) is 9.02. The molecule has 0 bridgehead atoms. The van der Waals surface area contributed by atoms with Gasteiger partial charge in [0.15, 0.2) is 0 Å². The van der Waals surface area contributed by atoms with Crippen LogP contribution in [0.5, 0.6) is 0 Å². The molecule has 5 rings (SSSR count). The molecule has 0 aliphatic carbocycles. The van der Waals surface area contributed by atoms with Gasteiger partial charge in [-0.25, -0.2) is 4.68 Å². The van der Waals surface area contributed by atoms with Crippen molar-refractivity contribution in [2.45, 2.75) is 26.3 Å². The molecule has 1 N–H and O–H groups in total.